The van der Waals surface area contributed by atoms with E-state index in [2.05, 4.69) is 15.3 Å². The highest BCUT2D eigenvalue weighted by atomic mass is 32.2. The lowest BCUT2D eigenvalue weighted by atomic mass is 10.7. The first-order valence-corrected chi connectivity index (χ1v) is 7.81. The zero-order valence-electron chi connectivity index (χ0n) is 10.0. The largest absolute Gasteiger partial charge is 0.357 e. The van der Waals surface area contributed by atoms with Crippen LogP contribution in [0.5, 0.6) is 0 Å². The quantitative estimate of drug-likeness (QED) is 0.815. The molecule has 1 aromatic heterocycles. The first-order chi connectivity index (χ1) is 8.02. The number of thioether (sulfide) groups is 1. The molecule has 8 heteroatoms. The first-order valence-electron chi connectivity index (χ1n) is 4.97. The molecule has 1 rings (SSSR count). The summed E-state index contributed by atoms with van der Waals surface area (Å²) in [7, 11) is -0.241. The summed E-state index contributed by atoms with van der Waals surface area (Å²) in [6.45, 7) is 0.470. The third-order valence-electron chi connectivity index (χ3n) is 2.17. The Morgan fingerprint density at radius 2 is 2.00 bits per heavy atom. The van der Waals surface area contributed by atoms with Gasteiger partial charge in [-0.1, -0.05) is 0 Å². The summed E-state index contributed by atoms with van der Waals surface area (Å²) in [4.78, 5) is 7.90. The Kier molecular flexibility index (Phi) is 5.16. The van der Waals surface area contributed by atoms with Crippen LogP contribution in [0.2, 0.25) is 0 Å². The molecule has 0 amide bonds. The summed E-state index contributed by atoms with van der Waals surface area (Å²) in [5.74, 6) is 1.15. The lowest BCUT2D eigenvalue weighted by Gasteiger charge is -2.16. The van der Waals surface area contributed by atoms with E-state index in [9.17, 15) is 8.42 Å². The number of aromatic nitrogens is 2. The molecule has 0 aliphatic rings. The van der Waals surface area contributed by atoms with Gasteiger partial charge in [0.15, 0.2) is 0 Å². The third-order valence-corrected chi connectivity index (χ3v) is 4.57. The van der Waals surface area contributed by atoms with E-state index in [0.29, 0.717) is 12.5 Å². The predicted molar refractivity (Wildman–Crippen MR) is 69.8 cm³/mol. The normalized spacial score (nSPS) is 11.8. The fraction of sp³-hybridized carbons (Fsp3) is 0.556. The van der Waals surface area contributed by atoms with Crippen LogP contribution in [0, 0.1) is 0 Å². The van der Waals surface area contributed by atoms with E-state index in [1.807, 2.05) is 6.26 Å². The van der Waals surface area contributed by atoms with Crippen LogP contribution in [0.3, 0.4) is 0 Å². The van der Waals surface area contributed by atoms with Crippen molar-refractivity contribution in [1.82, 2.24) is 14.3 Å². The Bertz CT molecular complexity index is 447. The zero-order chi connectivity index (χ0) is 12.9. The van der Waals surface area contributed by atoms with Crippen LogP contribution in [-0.2, 0) is 10.0 Å². The Balaban J connectivity index is 2.88. The van der Waals surface area contributed by atoms with Crippen LogP contribution in [0.1, 0.15) is 0 Å². The van der Waals surface area contributed by atoms with Gasteiger partial charge in [0.1, 0.15) is 4.90 Å². The molecule has 0 aliphatic heterocycles. The second kappa shape index (κ2) is 6.18. The van der Waals surface area contributed by atoms with Crippen molar-refractivity contribution >= 4 is 27.7 Å². The van der Waals surface area contributed by atoms with Crippen molar-refractivity contribution in [3.8, 4) is 0 Å². The molecule has 17 heavy (non-hydrogen) atoms. The highest BCUT2D eigenvalue weighted by Crippen LogP contribution is 2.13. The molecule has 0 atom stereocenters. The fourth-order valence-electron chi connectivity index (χ4n) is 1.10. The van der Waals surface area contributed by atoms with E-state index in [0.717, 1.165) is 5.75 Å². The summed E-state index contributed by atoms with van der Waals surface area (Å²) in [5.41, 5.74) is 0. The molecular weight excluding hydrogens is 260 g/mol. The molecule has 0 aliphatic carbocycles. The maximum absolute atomic E-state index is 12.1. The van der Waals surface area contributed by atoms with Crippen molar-refractivity contribution in [2.45, 2.75) is 4.90 Å². The highest BCUT2D eigenvalue weighted by Gasteiger charge is 2.21. The molecule has 0 aromatic carbocycles. The fourth-order valence-corrected chi connectivity index (χ4v) is 2.73. The van der Waals surface area contributed by atoms with Crippen LogP contribution in [-0.4, -0.2) is 55.3 Å². The van der Waals surface area contributed by atoms with Crippen molar-refractivity contribution in [1.29, 1.82) is 0 Å². The lowest BCUT2D eigenvalue weighted by Crippen LogP contribution is -2.29. The molecule has 0 saturated heterocycles. The molecule has 1 heterocycles. The van der Waals surface area contributed by atoms with E-state index in [4.69, 9.17) is 0 Å². The summed E-state index contributed by atoms with van der Waals surface area (Å²) < 4.78 is 25.4. The summed E-state index contributed by atoms with van der Waals surface area (Å²) >= 11 is 1.60. The Labute approximate surface area is 106 Å². The van der Waals surface area contributed by atoms with Gasteiger partial charge in [-0.25, -0.2) is 22.7 Å². The van der Waals surface area contributed by atoms with E-state index in [1.54, 1.807) is 25.9 Å². The van der Waals surface area contributed by atoms with Crippen molar-refractivity contribution in [3.63, 3.8) is 0 Å². The van der Waals surface area contributed by atoms with Gasteiger partial charge in [0.2, 0.25) is 16.0 Å². The first kappa shape index (κ1) is 14.2. The highest BCUT2D eigenvalue weighted by molar-refractivity contribution is 7.98. The maximum atomic E-state index is 12.1. The minimum absolute atomic E-state index is 0.111. The molecule has 96 valence electrons. The van der Waals surface area contributed by atoms with Crippen LogP contribution < -0.4 is 5.32 Å². The average Bonchev–Trinajstić information content (AvgIpc) is 2.35. The molecule has 0 radical (unpaired) electrons. The number of rotatable bonds is 6. The molecule has 0 saturated carbocycles. The van der Waals surface area contributed by atoms with Crippen LogP contribution in [0.15, 0.2) is 17.3 Å². The lowest BCUT2D eigenvalue weighted by molar-refractivity contribution is 0.488. The second-order valence-corrected chi connectivity index (χ2v) is 6.34. The summed E-state index contributed by atoms with van der Waals surface area (Å²) in [6.07, 6.45) is 4.55. The third kappa shape index (κ3) is 3.55. The zero-order valence-corrected chi connectivity index (χ0v) is 11.7. The van der Waals surface area contributed by atoms with Crippen LogP contribution in [0.25, 0.3) is 0 Å². The molecule has 0 fully saturated rings. The molecular formula is C9H16N4O2S2. The molecule has 1 aromatic rings. The van der Waals surface area contributed by atoms with Crippen molar-refractivity contribution in [2.24, 2.45) is 0 Å². The van der Waals surface area contributed by atoms with Crippen molar-refractivity contribution in [2.75, 3.05) is 38.0 Å². The second-order valence-electron chi connectivity index (χ2n) is 3.31. The number of sulfonamides is 1. The predicted octanol–water partition coefficient (Wildman–Crippen LogP) is 0.502. The summed E-state index contributed by atoms with van der Waals surface area (Å²) in [6, 6.07) is 0. The van der Waals surface area contributed by atoms with E-state index < -0.39 is 10.0 Å². The summed E-state index contributed by atoms with van der Waals surface area (Å²) in [5, 5.41) is 2.74. The topological polar surface area (TPSA) is 75.2 Å². The van der Waals surface area contributed by atoms with Gasteiger partial charge in [0.05, 0.1) is 12.4 Å². The smallest absolute Gasteiger partial charge is 0.245 e. The molecule has 1 N–H and O–H groups in total. The van der Waals surface area contributed by atoms with Crippen LogP contribution in [0.4, 0.5) is 5.95 Å². The standard InChI is InChI=1S/C9H16N4O2S2/c1-10-9-11-6-8(7-12-9)17(14,15)13(2)4-5-16-3/h6-7H,4-5H2,1-3H3,(H,10,11,12). The molecule has 0 unspecified atom stereocenters. The SMILES string of the molecule is CNc1ncc(S(=O)(=O)N(C)CCSC)cn1. The minimum Gasteiger partial charge on any atom is -0.357 e. The van der Waals surface area contributed by atoms with Gasteiger partial charge in [0.25, 0.3) is 0 Å². The minimum atomic E-state index is -3.47. The molecule has 0 spiro atoms. The Morgan fingerprint density at radius 1 is 1.41 bits per heavy atom. The van der Waals surface area contributed by atoms with Crippen molar-refractivity contribution < 1.29 is 8.42 Å². The number of nitrogens with one attached hydrogen (secondary N) is 1. The number of anilines is 1. The van der Waals surface area contributed by atoms with E-state index >= 15 is 0 Å². The number of hydrogen-bond donors (Lipinski definition) is 1. The van der Waals surface area contributed by atoms with Crippen molar-refractivity contribution in [3.05, 3.63) is 12.4 Å². The van der Waals surface area contributed by atoms with Crippen LogP contribution >= 0.6 is 11.8 Å². The van der Waals surface area contributed by atoms with Gasteiger partial charge in [0, 0.05) is 26.4 Å². The van der Waals surface area contributed by atoms with E-state index in [1.165, 1.54) is 16.7 Å². The Hall–Kier alpha value is -0.860. The average molecular weight is 276 g/mol. The molecule has 0 bridgehead atoms. The van der Waals surface area contributed by atoms with E-state index in [-0.39, 0.29) is 4.90 Å². The maximum Gasteiger partial charge on any atom is 0.245 e. The molecule has 6 nitrogen and oxygen atoms in total. The monoisotopic (exact) mass is 276 g/mol. The Morgan fingerprint density at radius 3 is 2.47 bits per heavy atom. The van der Waals surface area contributed by atoms with Gasteiger partial charge in [-0.15, -0.1) is 0 Å². The number of hydrogen-bond acceptors (Lipinski definition) is 6. The van der Waals surface area contributed by atoms with Gasteiger partial charge >= 0.3 is 0 Å². The number of nitrogens with zero attached hydrogens (tertiary/aromatic N) is 3. The van der Waals surface area contributed by atoms with Gasteiger partial charge in [-0.2, -0.15) is 11.8 Å². The van der Waals surface area contributed by atoms with Gasteiger partial charge in [-0.3, -0.25) is 0 Å². The van der Waals surface area contributed by atoms with Gasteiger partial charge < -0.3 is 5.32 Å². The van der Waals surface area contributed by atoms with Gasteiger partial charge in [-0.05, 0) is 6.26 Å².